The van der Waals surface area contributed by atoms with Crippen molar-refractivity contribution >= 4 is 46.3 Å². The summed E-state index contributed by atoms with van der Waals surface area (Å²) in [4.78, 5) is 26.8. The molecule has 0 N–H and O–H groups in total. The smallest absolute Gasteiger partial charge is 0.298 e. The zero-order valence-corrected chi connectivity index (χ0v) is 19.2. The van der Waals surface area contributed by atoms with E-state index in [0.717, 1.165) is 16.7 Å². The number of amides is 2. The maximum Gasteiger partial charge on any atom is 0.298 e. The quantitative estimate of drug-likeness (QED) is 0.350. The van der Waals surface area contributed by atoms with Crippen LogP contribution in [-0.2, 0) is 11.4 Å². The van der Waals surface area contributed by atoms with E-state index in [-0.39, 0.29) is 17.3 Å². The topological polar surface area (TPSA) is 55.8 Å². The Morgan fingerprint density at radius 1 is 1.00 bits per heavy atom. The number of hydrogen-bond acceptors (Lipinski definition) is 5. The molecule has 0 saturated carbocycles. The number of carbonyl (C=O) groups is 2. The Morgan fingerprint density at radius 3 is 2.58 bits per heavy atom. The molecule has 3 aromatic rings. The number of para-hydroxylation sites is 1. The lowest BCUT2D eigenvalue weighted by Gasteiger charge is -2.14. The van der Waals surface area contributed by atoms with Crippen LogP contribution in [0.5, 0.6) is 11.5 Å². The number of halogens is 2. The lowest BCUT2D eigenvalue weighted by Crippen LogP contribution is -2.27. The van der Waals surface area contributed by atoms with E-state index < -0.39 is 11.1 Å². The van der Waals surface area contributed by atoms with E-state index in [1.807, 2.05) is 6.92 Å². The third-order valence-corrected chi connectivity index (χ3v) is 5.93. The molecule has 4 rings (SSSR count). The molecule has 0 radical (unpaired) electrons. The van der Waals surface area contributed by atoms with Gasteiger partial charge in [0.2, 0.25) is 0 Å². The summed E-state index contributed by atoms with van der Waals surface area (Å²) in [6.07, 6.45) is 1.63. The van der Waals surface area contributed by atoms with Gasteiger partial charge in [-0.2, -0.15) is 0 Å². The summed E-state index contributed by atoms with van der Waals surface area (Å²) < 4.78 is 24.9. The number of thioether (sulfide) groups is 1. The first-order valence-electron chi connectivity index (χ1n) is 10.1. The fraction of sp³-hybridized carbons (Fsp3) is 0.120. The normalized spacial score (nSPS) is 14.8. The third-order valence-electron chi connectivity index (χ3n) is 4.74. The van der Waals surface area contributed by atoms with Gasteiger partial charge in [0.25, 0.3) is 11.1 Å². The van der Waals surface area contributed by atoms with Crippen LogP contribution in [0.3, 0.4) is 0 Å². The second-order valence-electron chi connectivity index (χ2n) is 7.03. The molecule has 5 nitrogen and oxygen atoms in total. The second-order valence-corrected chi connectivity index (χ2v) is 8.43. The zero-order valence-electron chi connectivity index (χ0n) is 17.6. The highest BCUT2D eigenvalue weighted by Gasteiger charge is 2.37. The van der Waals surface area contributed by atoms with Crippen molar-refractivity contribution in [1.29, 1.82) is 0 Å². The predicted molar refractivity (Wildman–Crippen MR) is 128 cm³/mol. The Balaban J connectivity index is 1.56. The minimum Gasteiger partial charge on any atom is -0.490 e. The molecule has 1 fully saturated rings. The molecule has 1 aliphatic rings. The van der Waals surface area contributed by atoms with Crippen LogP contribution in [-0.4, -0.2) is 17.8 Å². The highest BCUT2D eigenvalue weighted by molar-refractivity contribution is 8.19. The number of rotatable bonds is 7. The van der Waals surface area contributed by atoms with Crippen LogP contribution in [0.15, 0.2) is 71.6 Å². The van der Waals surface area contributed by atoms with E-state index in [9.17, 15) is 14.0 Å². The van der Waals surface area contributed by atoms with Gasteiger partial charge in [-0.1, -0.05) is 41.9 Å². The maximum absolute atomic E-state index is 13.4. The van der Waals surface area contributed by atoms with Crippen LogP contribution < -0.4 is 14.4 Å². The SMILES string of the molecule is CCOc1cc(/C=C2\SC(=O)N(c3ccccc3Cl)C2=O)ccc1OCc1cccc(F)c1. The van der Waals surface area contributed by atoms with Crippen molar-refractivity contribution in [2.75, 3.05) is 11.5 Å². The van der Waals surface area contributed by atoms with Gasteiger partial charge >= 0.3 is 0 Å². The maximum atomic E-state index is 13.4. The van der Waals surface area contributed by atoms with Crippen LogP contribution in [0, 0.1) is 5.82 Å². The summed E-state index contributed by atoms with van der Waals surface area (Å²) in [6, 6.07) is 18.1. The predicted octanol–water partition coefficient (Wildman–Crippen LogP) is 6.70. The number of hydrogen-bond donors (Lipinski definition) is 0. The minimum atomic E-state index is -0.442. The Hall–Kier alpha value is -3.29. The Kier molecular flexibility index (Phi) is 7.01. The van der Waals surface area contributed by atoms with Crippen LogP contribution in [0.4, 0.5) is 14.9 Å². The Morgan fingerprint density at radius 2 is 1.82 bits per heavy atom. The highest BCUT2D eigenvalue weighted by Crippen LogP contribution is 2.39. The molecule has 1 heterocycles. The van der Waals surface area contributed by atoms with Gasteiger partial charge in [-0.05, 0) is 72.3 Å². The van der Waals surface area contributed by atoms with Gasteiger partial charge in [-0.3, -0.25) is 9.59 Å². The first-order valence-corrected chi connectivity index (χ1v) is 11.3. The molecular formula is C25H19ClFNO4S. The molecule has 0 aromatic heterocycles. The van der Waals surface area contributed by atoms with Crippen LogP contribution in [0.25, 0.3) is 6.08 Å². The zero-order chi connectivity index (χ0) is 23.4. The summed E-state index contributed by atoms with van der Waals surface area (Å²) in [5.41, 5.74) is 1.71. The summed E-state index contributed by atoms with van der Waals surface area (Å²) in [6.45, 7) is 2.43. The van der Waals surface area contributed by atoms with Gasteiger partial charge in [0.05, 0.1) is 22.2 Å². The third kappa shape index (κ3) is 5.21. The first-order chi connectivity index (χ1) is 16.0. The lowest BCUT2D eigenvalue weighted by atomic mass is 10.1. The Bertz CT molecular complexity index is 1250. The van der Waals surface area contributed by atoms with Gasteiger partial charge < -0.3 is 9.47 Å². The minimum absolute atomic E-state index is 0.175. The van der Waals surface area contributed by atoms with Crippen LogP contribution >= 0.6 is 23.4 Å². The van der Waals surface area contributed by atoms with Crippen LogP contribution in [0.2, 0.25) is 5.02 Å². The van der Waals surface area contributed by atoms with E-state index in [2.05, 4.69) is 0 Å². The van der Waals surface area contributed by atoms with Gasteiger partial charge in [0, 0.05) is 0 Å². The molecule has 1 saturated heterocycles. The fourth-order valence-electron chi connectivity index (χ4n) is 3.25. The van der Waals surface area contributed by atoms with Crippen molar-refractivity contribution in [2.45, 2.75) is 13.5 Å². The van der Waals surface area contributed by atoms with Gasteiger partial charge in [-0.25, -0.2) is 9.29 Å². The monoisotopic (exact) mass is 483 g/mol. The summed E-state index contributed by atoms with van der Waals surface area (Å²) in [7, 11) is 0. The van der Waals surface area contributed by atoms with Gasteiger partial charge in [0.1, 0.15) is 12.4 Å². The van der Waals surface area contributed by atoms with E-state index in [1.54, 1.807) is 60.7 Å². The number of imide groups is 1. The molecule has 0 spiro atoms. The highest BCUT2D eigenvalue weighted by atomic mass is 35.5. The molecule has 1 aliphatic heterocycles. The molecule has 8 heteroatoms. The molecule has 3 aromatic carbocycles. The van der Waals surface area contributed by atoms with E-state index in [0.29, 0.717) is 39.9 Å². The van der Waals surface area contributed by atoms with E-state index in [1.165, 1.54) is 12.1 Å². The van der Waals surface area contributed by atoms with E-state index in [4.69, 9.17) is 21.1 Å². The molecule has 0 atom stereocenters. The summed E-state index contributed by atoms with van der Waals surface area (Å²) in [5.74, 6) is 0.195. The molecule has 0 aliphatic carbocycles. The lowest BCUT2D eigenvalue weighted by molar-refractivity contribution is -0.113. The average molecular weight is 484 g/mol. The molecule has 33 heavy (non-hydrogen) atoms. The number of benzene rings is 3. The van der Waals surface area contributed by atoms with Crippen molar-refractivity contribution in [3.8, 4) is 11.5 Å². The first kappa shape index (κ1) is 22.9. The largest absolute Gasteiger partial charge is 0.490 e. The van der Waals surface area contributed by atoms with Crippen molar-refractivity contribution in [2.24, 2.45) is 0 Å². The standard InChI is InChI=1S/C25H19ClFNO4S/c1-2-31-22-13-16(10-11-21(22)32-15-17-6-5-7-18(27)12-17)14-23-24(29)28(25(30)33-23)20-9-4-3-8-19(20)26/h3-14H,2,15H2,1H3/b23-14-. The van der Waals surface area contributed by atoms with Gasteiger partial charge in [-0.15, -0.1) is 0 Å². The van der Waals surface area contributed by atoms with Crippen molar-refractivity contribution in [1.82, 2.24) is 0 Å². The number of anilines is 1. The number of ether oxygens (including phenoxy) is 2. The Labute approximate surface area is 199 Å². The van der Waals surface area contributed by atoms with Crippen molar-refractivity contribution in [3.63, 3.8) is 0 Å². The molecule has 0 bridgehead atoms. The molecule has 0 unspecified atom stereocenters. The molecule has 168 valence electrons. The molecule has 2 amide bonds. The summed E-state index contributed by atoms with van der Waals surface area (Å²) >= 11 is 7.02. The van der Waals surface area contributed by atoms with E-state index >= 15 is 0 Å². The second kappa shape index (κ2) is 10.1. The van der Waals surface area contributed by atoms with Crippen LogP contribution in [0.1, 0.15) is 18.1 Å². The number of carbonyl (C=O) groups excluding carboxylic acids is 2. The van der Waals surface area contributed by atoms with Crippen molar-refractivity contribution < 1.29 is 23.5 Å². The summed E-state index contributed by atoms with van der Waals surface area (Å²) in [5, 5.41) is -0.0982. The molecular weight excluding hydrogens is 465 g/mol. The average Bonchev–Trinajstić information content (AvgIpc) is 3.06. The fourth-order valence-corrected chi connectivity index (χ4v) is 4.30. The van der Waals surface area contributed by atoms with Crippen molar-refractivity contribution in [3.05, 3.63) is 93.6 Å². The van der Waals surface area contributed by atoms with Gasteiger partial charge in [0.15, 0.2) is 11.5 Å². The number of nitrogens with zero attached hydrogens (tertiary/aromatic N) is 1.